The molecule has 0 aromatic carbocycles. The highest BCUT2D eigenvalue weighted by Crippen LogP contribution is 2.15. The van der Waals surface area contributed by atoms with Crippen LogP contribution in [0.2, 0.25) is 0 Å². The molecule has 0 unspecified atom stereocenters. The number of amides is 1. The third-order valence-electron chi connectivity index (χ3n) is 3.49. The van der Waals surface area contributed by atoms with Crippen LogP contribution in [0.1, 0.15) is 32.1 Å². The molecule has 0 bridgehead atoms. The van der Waals surface area contributed by atoms with E-state index in [1.165, 1.54) is 0 Å². The fourth-order valence-electron chi connectivity index (χ4n) is 2.27. The van der Waals surface area contributed by atoms with Crippen LogP contribution in [0.25, 0.3) is 0 Å². The number of hydrogen-bond donors (Lipinski definition) is 2. The first-order valence-corrected chi connectivity index (χ1v) is 8.76. The van der Waals surface area contributed by atoms with E-state index in [0.717, 1.165) is 32.1 Å². The highest BCUT2D eigenvalue weighted by Gasteiger charge is 2.14. The minimum atomic E-state index is -0.370. The lowest BCUT2D eigenvalue weighted by atomic mass is 10.0. The Hall–Kier alpha value is -1.15. The zero-order valence-electron chi connectivity index (χ0n) is 14.4. The van der Waals surface area contributed by atoms with Crippen molar-refractivity contribution in [2.45, 2.75) is 38.2 Å². The van der Waals surface area contributed by atoms with Crippen LogP contribution in [0, 0.1) is 0 Å². The third kappa shape index (κ3) is 12.3. The Balaban J connectivity index is 1.88. The molecule has 1 aliphatic carbocycles. The lowest BCUT2D eigenvalue weighted by molar-refractivity contribution is 0.00793. The molecule has 7 nitrogen and oxygen atoms in total. The quantitative estimate of drug-likeness (QED) is 0.413. The maximum atomic E-state index is 11.7. The molecule has 7 heteroatoms. The highest BCUT2D eigenvalue weighted by molar-refractivity contribution is 5.67. The summed E-state index contributed by atoms with van der Waals surface area (Å²) in [5.74, 6) is 0. The average molecular weight is 345 g/mol. The minimum Gasteiger partial charge on any atom is -0.446 e. The zero-order valence-corrected chi connectivity index (χ0v) is 14.4. The first kappa shape index (κ1) is 20.9. The number of allylic oxidation sites excluding steroid dienone is 2. The maximum Gasteiger partial charge on any atom is 0.407 e. The molecule has 1 aliphatic rings. The predicted molar refractivity (Wildman–Crippen MR) is 90.0 cm³/mol. The van der Waals surface area contributed by atoms with Crippen molar-refractivity contribution in [2.24, 2.45) is 0 Å². The summed E-state index contributed by atoms with van der Waals surface area (Å²) in [7, 11) is 0. The van der Waals surface area contributed by atoms with E-state index in [1.807, 2.05) is 0 Å². The van der Waals surface area contributed by atoms with Crippen LogP contribution in [-0.2, 0) is 18.9 Å². The molecule has 24 heavy (non-hydrogen) atoms. The summed E-state index contributed by atoms with van der Waals surface area (Å²) in [5, 5.41) is 11.2. The second kappa shape index (κ2) is 15.4. The van der Waals surface area contributed by atoms with Crippen LogP contribution in [0.3, 0.4) is 0 Å². The maximum absolute atomic E-state index is 11.7. The molecular weight excluding hydrogens is 314 g/mol. The van der Waals surface area contributed by atoms with E-state index in [-0.39, 0.29) is 18.8 Å². The molecule has 1 rings (SSSR count). The molecule has 2 N–H and O–H groups in total. The van der Waals surface area contributed by atoms with Crippen LogP contribution in [0.15, 0.2) is 12.2 Å². The van der Waals surface area contributed by atoms with Gasteiger partial charge in [-0.25, -0.2) is 4.79 Å². The lowest BCUT2D eigenvalue weighted by Gasteiger charge is -2.18. The molecule has 0 fully saturated rings. The number of ether oxygens (including phenoxy) is 4. The van der Waals surface area contributed by atoms with Crippen LogP contribution in [-0.4, -0.2) is 70.1 Å². The molecule has 1 amide bonds. The Morgan fingerprint density at radius 2 is 1.62 bits per heavy atom. The second-order valence-electron chi connectivity index (χ2n) is 5.49. The van der Waals surface area contributed by atoms with Crippen molar-refractivity contribution in [1.29, 1.82) is 0 Å². The van der Waals surface area contributed by atoms with Crippen molar-refractivity contribution in [3.63, 3.8) is 0 Å². The average Bonchev–Trinajstić information content (AvgIpc) is 2.55. The number of aliphatic hydroxyl groups excluding tert-OH is 1. The van der Waals surface area contributed by atoms with Crippen LogP contribution >= 0.6 is 0 Å². The van der Waals surface area contributed by atoms with Gasteiger partial charge in [0, 0.05) is 6.54 Å². The Kier molecular flexibility index (Phi) is 13.4. The summed E-state index contributed by atoms with van der Waals surface area (Å²) in [4.78, 5) is 11.7. The molecule has 0 saturated carbocycles. The van der Waals surface area contributed by atoms with Gasteiger partial charge in [0.05, 0.1) is 46.2 Å². The lowest BCUT2D eigenvalue weighted by Crippen LogP contribution is -2.31. The van der Waals surface area contributed by atoms with Gasteiger partial charge in [-0.15, -0.1) is 0 Å². The molecule has 0 radical (unpaired) electrons. The molecule has 0 spiro atoms. The van der Waals surface area contributed by atoms with Gasteiger partial charge >= 0.3 is 6.09 Å². The topological polar surface area (TPSA) is 86.3 Å². The first-order chi connectivity index (χ1) is 11.8. The second-order valence-corrected chi connectivity index (χ2v) is 5.49. The molecule has 0 aromatic heterocycles. The zero-order chi connectivity index (χ0) is 17.3. The molecule has 0 aliphatic heterocycles. The Morgan fingerprint density at radius 1 is 0.958 bits per heavy atom. The van der Waals surface area contributed by atoms with Crippen molar-refractivity contribution >= 4 is 6.09 Å². The van der Waals surface area contributed by atoms with Crippen LogP contribution in [0.5, 0.6) is 0 Å². The smallest absolute Gasteiger partial charge is 0.407 e. The summed E-state index contributed by atoms with van der Waals surface area (Å²) in [5.41, 5.74) is 0. The van der Waals surface area contributed by atoms with Gasteiger partial charge in [0.1, 0.15) is 6.10 Å². The Labute approximate surface area is 144 Å². The summed E-state index contributed by atoms with van der Waals surface area (Å²) >= 11 is 0. The Morgan fingerprint density at radius 3 is 2.38 bits per heavy atom. The van der Waals surface area contributed by atoms with Gasteiger partial charge in [-0.05, 0) is 32.1 Å². The summed E-state index contributed by atoms with van der Waals surface area (Å²) in [6.45, 7) is 3.08. The molecule has 0 aromatic rings. The van der Waals surface area contributed by atoms with Crippen molar-refractivity contribution in [2.75, 3.05) is 52.8 Å². The minimum absolute atomic E-state index is 0.0114. The van der Waals surface area contributed by atoms with Crippen molar-refractivity contribution < 1.29 is 28.8 Å². The van der Waals surface area contributed by atoms with E-state index in [1.54, 1.807) is 0 Å². The number of aliphatic hydroxyl groups is 1. The first-order valence-electron chi connectivity index (χ1n) is 8.76. The van der Waals surface area contributed by atoms with Crippen molar-refractivity contribution in [1.82, 2.24) is 5.32 Å². The normalized spacial score (nSPS) is 19.3. The largest absolute Gasteiger partial charge is 0.446 e. The fraction of sp³-hybridized carbons (Fsp3) is 0.824. The monoisotopic (exact) mass is 345 g/mol. The van der Waals surface area contributed by atoms with Gasteiger partial charge < -0.3 is 29.4 Å². The number of carbonyl (C=O) groups excluding carboxylic acids is 1. The van der Waals surface area contributed by atoms with Crippen LogP contribution < -0.4 is 5.32 Å². The standard InChI is InChI=1S/C17H31NO6/c19-9-11-22-13-15-23-14-12-21-10-8-18-17(20)24-16-6-4-2-1-3-5-7-16/h1-2,16,19H,3-15H2,(H,18,20)/b2-1-/t16-/m1/s1. The van der Waals surface area contributed by atoms with Gasteiger partial charge in [0.25, 0.3) is 0 Å². The SMILES string of the molecule is O=C(NCCOCCOCCOCCO)O[C@@H]1CC/C=C\CCC1. The van der Waals surface area contributed by atoms with Gasteiger partial charge in [0.15, 0.2) is 0 Å². The van der Waals surface area contributed by atoms with Gasteiger partial charge in [-0.1, -0.05) is 12.2 Å². The van der Waals surface area contributed by atoms with E-state index < -0.39 is 0 Å². The summed E-state index contributed by atoms with van der Waals surface area (Å²) < 4.78 is 21.1. The molecule has 1 atom stereocenters. The summed E-state index contributed by atoms with van der Waals surface area (Å²) in [6, 6.07) is 0. The Bertz CT molecular complexity index is 337. The number of hydrogen-bond acceptors (Lipinski definition) is 6. The van der Waals surface area contributed by atoms with Gasteiger partial charge in [0.2, 0.25) is 0 Å². The van der Waals surface area contributed by atoms with E-state index in [9.17, 15) is 4.79 Å². The molecular formula is C17H31NO6. The number of alkyl carbamates (subject to hydrolysis) is 1. The summed E-state index contributed by atoms with van der Waals surface area (Å²) in [6.07, 6.45) is 8.89. The highest BCUT2D eigenvalue weighted by atomic mass is 16.6. The predicted octanol–water partition coefficient (Wildman–Crippen LogP) is 1.64. The molecule has 0 heterocycles. The number of rotatable bonds is 12. The van der Waals surface area contributed by atoms with E-state index in [4.69, 9.17) is 24.1 Å². The van der Waals surface area contributed by atoms with Crippen molar-refractivity contribution in [3.8, 4) is 0 Å². The number of carbonyl (C=O) groups is 1. The van der Waals surface area contributed by atoms with Gasteiger partial charge in [-0.2, -0.15) is 0 Å². The molecule has 140 valence electrons. The van der Waals surface area contributed by atoms with Crippen molar-refractivity contribution in [3.05, 3.63) is 12.2 Å². The van der Waals surface area contributed by atoms with E-state index in [0.29, 0.717) is 46.2 Å². The fourth-order valence-corrected chi connectivity index (χ4v) is 2.27. The van der Waals surface area contributed by atoms with E-state index >= 15 is 0 Å². The van der Waals surface area contributed by atoms with Gasteiger partial charge in [-0.3, -0.25) is 0 Å². The van der Waals surface area contributed by atoms with Crippen LogP contribution in [0.4, 0.5) is 4.79 Å². The molecule has 0 saturated heterocycles. The van der Waals surface area contributed by atoms with E-state index in [2.05, 4.69) is 17.5 Å². The number of nitrogens with one attached hydrogen (secondary N) is 1. The third-order valence-corrected chi connectivity index (χ3v) is 3.49.